The first kappa shape index (κ1) is 14.9. The van der Waals surface area contributed by atoms with Crippen molar-refractivity contribution in [3.8, 4) is 0 Å². The summed E-state index contributed by atoms with van der Waals surface area (Å²) in [7, 11) is 0. The Morgan fingerprint density at radius 1 is 1.12 bits per heavy atom. The van der Waals surface area contributed by atoms with Crippen LogP contribution in [0.3, 0.4) is 0 Å². The van der Waals surface area contributed by atoms with E-state index in [1.54, 1.807) is 0 Å². The lowest BCUT2D eigenvalue weighted by Gasteiger charge is -2.13. The molecule has 0 fully saturated rings. The summed E-state index contributed by atoms with van der Waals surface area (Å²) in [6.45, 7) is 2.83. The zero-order valence-corrected chi connectivity index (χ0v) is 13.9. The Bertz CT molecular complexity index is 1010. The topological polar surface area (TPSA) is 66.5 Å². The van der Waals surface area contributed by atoms with Crippen LogP contribution in [-0.2, 0) is 0 Å². The van der Waals surface area contributed by atoms with Gasteiger partial charge in [0.15, 0.2) is 5.65 Å². The Morgan fingerprint density at radius 2 is 2.00 bits per heavy atom. The van der Waals surface area contributed by atoms with Gasteiger partial charge < -0.3 is 10.3 Å². The van der Waals surface area contributed by atoms with Crippen LogP contribution in [0.15, 0.2) is 48.5 Å². The van der Waals surface area contributed by atoms with E-state index in [1.807, 2.05) is 42.5 Å². The molecule has 1 unspecified atom stereocenters. The van der Waals surface area contributed by atoms with E-state index in [0.717, 1.165) is 27.1 Å². The van der Waals surface area contributed by atoms with Gasteiger partial charge in [-0.2, -0.15) is 4.98 Å². The molecule has 0 bridgehead atoms. The third-order valence-electron chi connectivity index (χ3n) is 4.11. The number of hydrogen-bond acceptors (Lipinski definition) is 4. The average Bonchev–Trinajstić information content (AvgIpc) is 2.97. The third kappa shape index (κ3) is 2.78. The molecule has 1 atom stereocenters. The van der Waals surface area contributed by atoms with E-state index in [-0.39, 0.29) is 5.92 Å². The maximum absolute atomic E-state index is 6.05. The third-order valence-corrected chi connectivity index (χ3v) is 4.34. The van der Waals surface area contributed by atoms with Gasteiger partial charge in [0.05, 0.1) is 0 Å². The van der Waals surface area contributed by atoms with E-state index in [4.69, 9.17) is 11.6 Å². The fourth-order valence-electron chi connectivity index (χ4n) is 2.77. The van der Waals surface area contributed by atoms with Gasteiger partial charge >= 0.3 is 0 Å². The molecule has 0 aliphatic rings. The van der Waals surface area contributed by atoms with Gasteiger partial charge in [0.2, 0.25) is 5.95 Å². The second-order valence-electron chi connectivity index (χ2n) is 5.84. The number of hydrogen-bond donors (Lipinski definition) is 2. The number of rotatable bonds is 4. The number of fused-ring (bicyclic) bond motifs is 3. The number of aromatic nitrogens is 4. The Hall–Kier alpha value is -2.66. The molecular weight excluding hydrogens is 322 g/mol. The summed E-state index contributed by atoms with van der Waals surface area (Å²) in [5.74, 6) is 0.800. The molecule has 0 aliphatic carbocycles. The first-order valence-electron chi connectivity index (χ1n) is 7.81. The van der Waals surface area contributed by atoms with Gasteiger partial charge in [-0.05, 0) is 29.7 Å². The molecule has 4 rings (SSSR count). The molecule has 2 aromatic carbocycles. The molecule has 0 spiro atoms. The summed E-state index contributed by atoms with van der Waals surface area (Å²) in [5.41, 5.74) is 3.72. The summed E-state index contributed by atoms with van der Waals surface area (Å²) in [6, 6.07) is 15.9. The number of H-pyrrole nitrogens is 1. The van der Waals surface area contributed by atoms with Gasteiger partial charge in [-0.25, -0.2) is 0 Å². The fraction of sp³-hybridized carbons (Fsp3) is 0.167. The number of para-hydroxylation sites is 1. The van der Waals surface area contributed by atoms with Gasteiger partial charge in [-0.3, -0.25) is 0 Å². The van der Waals surface area contributed by atoms with Crippen molar-refractivity contribution in [2.45, 2.75) is 12.8 Å². The molecule has 2 N–H and O–H groups in total. The van der Waals surface area contributed by atoms with Gasteiger partial charge in [-0.1, -0.05) is 48.9 Å². The highest BCUT2D eigenvalue weighted by Crippen LogP contribution is 2.23. The minimum Gasteiger partial charge on any atom is -0.352 e. The van der Waals surface area contributed by atoms with Crippen molar-refractivity contribution in [1.29, 1.82) is 0 Å². The van der Waals surface area contributed by atoms with Crippen LogP contribution in [0, 0.1) is 0 Å². The molecule has 0 radical (unpaired) electrons. The van der Waals surface area contributed by atoms with Crippen molar-refractivity contribution in [3.63, 3.8) is 0 Å². The average molecular weight is 338 g/mol. The molecule has 4 aromatic rings. The summed E-state index contributed by atoms with van der Waals surface area (Å²) < 4.78 is 0. The SMILES string of the molecule is CC(CNc1nnc2c(n1)[nH]c1ccccc12)c1cccc(Cl)c1. The predicted octanol–water partition coefficient (Wildman–Crippen LogP) is 4.38. The molecule has 0 amide bonds. The summed E-state index contributed by atoms with van der Waals surface area (Å²) in [5, 5.41) is 13.5. The van der Waals surface area contributed by atoms with Crippen LogP contribution >= 0.6 is 11.6 Å². The second kappa shape index (κ2) is 6.09. The van der Waals surface area contributed by atoms with Crippen molar-refractivity contribution in [2.75, 3.05) is 11.9 Å². The van der Waals surface area contributed by atoms with Crippen LogP contribution in [0.1, 0.15) is 18.4 Å². The highest BCUT2D eigenvalue weighted by Gasteiger charge is 2.10. The number of benzene rings is 2. The van der Waals surface area contributed by atoms with Crippen molar-refractivity contribution >= 4 is 39.6 Å². The van der Waals surface area contributed by atoms with Crippen molar-refractivity contribution in [1.82, 2.24) is 20.2 Å². The molecule has 120 valence electrons. The standard InChI is InChI=1S/C18H16ClN5/c1-11(12-5-4-6-13(19)9-12)10-20-18-22-17-16(23-24-18)14-7-2-3-8-15(14)21-17/h2-9,11H,10H2,1H3,(H2,20,21,22,24). The second-order valence-corrected chi connectivity index (χ2v) is 6.28. The smallest absolute Gasteiger partial charge is 0.244 e. The zero-order chi connectivity index (χ0) is 16.5. The van der Waals surface area contributed by atoms with Crippen molar-refractivity contribution in [3.05, 3.63) is 59.1 Å². The predicted molar refractivity (Wildman–Crippen MR) is 97.5 cm³/mol. The Kier molecular flexibility index (Phi) is 3.78. The molecule has 0 aliphatic heterocycles. The molecule has 0 saturated carbocycles. The lowest BCUT2D eigenvalue weighted by molar-refractivity contribution is 0.793. The van der Waals surface area contributed by atoms with E-state index in [2.05, 4.69) is 38.5 Å². The Morgan fingerprint density at radius 3 is 2.88 bits per heavy atom. The molecule has 2 heterocycles. The first-order chi connectivity index (χ1) is 11.7. The minimum absolute atomic E-state index is 0.283. The summed E-state index contributed by atoms with van der Waals surface area (Å²) >= 11 is 6.05. The monoisotopic (exact) mass is 337 g/mol. The quantitative estimate of drug-likeness (QED) is 0.580. The lowest BCUT2D eigenvalue weighted by atomic mass is 10.0. The minimum atomic E-state index is 0.283. The van der Waals surface area contributed by atoms with E-state index in [1.165, 1.54) is 5.56 Å². The summed E-state index contributed by atoms with van der Waals surface area (Å²) in [4.78, 5) is 7.80. The molecule has 2 aromatic heterocycles. The molecular formula is C18H16ClN5. The molecule has 6 heteroatoms. The Labute approximate surface area is 144 Å². The van der Waals surface area contributed by atoms with Crippen LogP contribution in [-0.4, -0.2) is 26.7 Å². The zero-order valence-electron chi connectivity index (χ0n) is 13.1. The highest BCUT2D eigenvalue weighted by molar-refractivity contribution is 6.30. The van der Waals surface area contributed by atoms with Crippen LogP contribution in [0.2, 0.25) is 5.02 Å². The molecule has 24 heavy (non-hydrogen) atoms. The normalized spacial score (nSPS) is 12.6. The maximum Gasteiger partial charge on any atom is 0.244 e. The van der Waals surface area contributed by atoms with Crippen LogP contribution in [0.4, 0.5) is 5.95 Å². The Balaban J connectivity index is 1.55. The number of anilines is 1. The van der Waals surface area contributed by atoms with E-state index >= 15 is 0 Å². The van der Waals surface area contributed by atoms with E-state index < -0.39 is 0 Å². The number of aromatic amines is 1. The number of halogens is 1. The number of nitrogens with zero attached hydrogens (tertiary/aromatic N) is 3. The van der Waals surface area contributed by atoms with Crippen LogP contribution < -0.4 is 5.32 Å². The van der Waals surface area contributed by atoms with E-state index in [0.29, 0.717) is 12.5 Å². The van der Waals surface area contributed by atoms with Gasteiger partial charge in [0.25, 0.3) is 0 Å². The van der Waals surface area contributed by atoms with Crippen molar-refractivity contribution in [2.24, 2.45) is 0 Å². The van der Waals surface area contributed by atoms with Crippen LogP contribution in [0.5, 0.6) is 0 Å². The van der Waals surface area contributed by atoms with Gasteiger partial charge in [0.1, 0.15) is 5.52 Å². The van der Waals surface area contributed by atoms with Gasteiger partial charge in [-0.15, -0.1) is 10.2 Å². The highest BCUT2D eigenvalue weighted by atomic mass is 35.5. The largest absolute Gasteiger partial charge is 0.352 e. The van der Waals surface area contributed by atoms with Gasteiger partial charge in [0, 0.05) is 22.5 Å². The first-order valence-corrected chi connectivity index (χ1v) is 8.19. The fourth-order valence-corrected chi connectivity index (χ4v) is 2.97. The van der Waals surface area contributed by atoms with Crippen LogP contribution in [0.25, 0.3) is 22.1 Å². The molecule has 5 nitrogen and oxygen atoms in total. The lowest BCUT2D eigenvalue weighted by Crippen LogP contribution is -2.12. The van der Waals surface area contributed by atoms with E-state index in [9.17, 15) is 0 Å². The number of nitrogens with one attached hydrogen (secondary N) is 2. The maximum atomic E-state index is 6.05. The molecule has 0 saturated heterocycles. The summed E-state index contributed by atoms with van der Waals surface area (Å²) in [6.07, 6.45) is 0. The van der Waals surface area contributed by atoms with Crippen molar-refractivity contribution < 1.29 is 0 Å².